The molecule has 1 fully saturated rings. The number of hydrogen-bond acceptors (Lipinski definition) is 7. The summed E-state index contributed by atoms with van der Waals surface area (Å²) in [5, 5.41) is 19.9. The van der Waals surface area contributed by atoms with Gasteiger partial charge in [0.15, 0.2) is 0 Å². The molecule has 9 heteroatoms. The lowest BCUT2D eigenvalue weighted by molar-refractivity contribution is -0.138. The number of amides is 2. The fourth-order valence-corrected chi connectivity index (χ4v) is 3.69. The zero-order valence-electron chi connectivity index (χ0n) is 16.1. The molecular weight excluding hydrogens is 376 g/mol. The molecule has 0 spiro atoms. The average Bonchev–Trinajstić information content (AvgIpc) is 3.31. The highest BCUT2D eigenvalue weighted by atomic mass is 16.5. The van der Waals surface area contributed by atoms with Crippen LogP contribution in [0.2, 0.25) is 0 Å². The number of hydrogen-bond donors (Lipinski definition) is 3. The number of anilines is 1. The lowest BCUT2D eigenvalue weighted by atomic mass is 10.1. The number of ether oxygens (including phenoxy) is 1. The van der Waals surface area contributed by atoms with E-state index in [0.29, 0.717) is 24.5 Å². The number of rotatable bonds is 5. The molecule has 1 aromatic carbocycles. The molecule has 3 atom stereocenters. The van der Waals surface area contributed by atoms with Gasteiger partial charge >= 0.3 is 0 Å². The summed E-state index contributed by atoms with van der Waals surface area (Å²) in [5.74, 6) is 0.607. The van der Waals surface area contributed by atoms with Crippen molar-refractivity contribution in [3.63, 3.8) is 0 Å². The van der Waals surface area contributed by atoms with Crippen LogP contribution < -0.4 is 15.4 Å². The molecule has 0 radical (unpaired) electrons. The first-order valence-corrected chi connectivity index (χ1v) is 9.66. The van der Waals surface area contributed by atoms with Crippen LogP contribution in [0.25, 0.3) is 0 Å². The molecule has 3 N–H and O–H groups in total. The van der Waals surface area contributed by atoms with Gasteiger partial charge in [0.1, 0.15) is 23.7 Å². The smallest absolute Gasteiger partial charge is 0.243 e. The maximum Gasteiger partial charge on any atom is 0.243 e. The van der Waals surface area contributed by atoms with E-state index in [1.54, 1.807) is 13.0 Å². The SMILES string of the molecule is Cc1cc(CC(=O)N2CC(O)CC2C(=O)NCC2CNc3ccccc3O2)on1. The second kappa shape index (κ2) is 8.12. The summed E-state index contributed by atoms with van der Waals surface area (Å²) >= 11 is 0. The monoisotopic (exact) mass is 400 g/mol. The molecule has 0 saturated carbocycles. The van der Waals surface area contributed by atoms with Crippen LogP contribution in [0, 0.1) is 6.92 Å². The second-order valence-corrected chi connectivity index (χ2v) is 7.42. The first-order chi connectivity index (χ1) is 14.0. The number of aliphatic hydroxyl groups is 1. The van der Waals surface area contributed by atoms with Crippen molar-refractivity contribution in [1.29, 1.82) is 0 Å². The fourth-order valence-electron chi connectivity index (χ4n) is 3.69. The minimum Gasteiger partial charge on any atom is -0.485 e. The Morgan fingerprint density at radius 2 is 2.21 bits per heavy atom. The molecular formula is C20H24N4O5. The summed E-state index contributed by atoms with van der Waals surface area (Å²) < 4.78 is 11.0. The third kappa shape index (κ3) is 4.34. The van der Waals surface area contributed by atoms with Crippen LogP contribution in [0.15, 0.2) is 34.9 Å². The molecule has 1 aromatic heterocycles. The Labute approximate surface area is 168 Å². The number of likely N-dealkylation sites (tertiary alicyclic amines) is 1. The Hall–Kier alpha value is -3.07. The Morgan fingerprint density at radius 3 is 3.00 bits per heavy atom. The third-order valence-electron chi connectivity index (χ3n) is 5.11. The largest absolute Gasteiger partial charge is 0.485 e. The Bertz CT molecular complexity index is 899. The second-order valence-electron chi connectivity index (χ2n) is 7.42. The molecule has 0 bridgehead atoms. The Kier molecular flexibility index (Phi) is 5.39. The molecule has 0 aliphatic carbocycles. The number of benzene rings is 1. The average molecular weight is 400 g/mol. The molecule has 9 nitrogen and oxygen atoms in total. The van der Waals surface area contributed by atoms with E-state index in [1.165, 1.54) is 4.90 Å². The zero-order chi connectivity index (χ0) is 20.4. The van der Waals surface area contributed by atoms with E-state index in [0.717, 1.165) is 11.4 Å². The number of aryl methyl sites for hydroxylation is 1. The van der Waals surface area contributed by atoms with E-state index in [-0.39, 0.29) is 37.3 Å². The van der Waals surface area contributed by atoms with E-state index in [4.69, 9.17) is 9.26 Å². The number of β-amino-alcohol motifs (C(OH)–C–C–N with tert-alkyl or cyclic N) is 1. The number of carbonyl (C=O) groups is 2. The van der Waals surface area contributed by atoms with Gasteiger partial charge in [0.05, 0.1) is 37.0 Å². The first-order valence-electron chi connectivity index (χ1n) is 9.66. The summed E-state index contributed by atoms with van der Waals surface area (Å²) in [7, 11) is 0. The highest BCUT2D eigenvalue weighted by molar-refractivity contribution is 5.89. The van der Waals surface area contributed by atoms with Gasteiger partial charge < -0.3 is 29.9 Å². The molecule has 2 aliphatic heterocycles. The van der Waals surface area contributed by atoms with E-state index in [9.17, 15) is 14.7 Å². The summed E-state index contributed by atoms with van der Waals surface area (Å²) in [5.41, 5.74) is 1.61. The van der Waals surface area contributed by atoms with Crippen molar-refractivity contribution < 1.29 is 24.0 Å². The quantitative estimate of drug-likeness (QED) is 0.668. The van der Waals surface area contributed by atoms with Gasteiger partial charge in [-0.3, -0.25) is 9.59 Å². The Morgan fingerprint density at radius 1 is 1.38 bits per heavy atom. The molecule has 29 heavy (non-hydrogen) atoms. The topological polar surface area (TPSA) is 117 Å². The minimum absolute atomic E-state index is 0.00375. The van der Waals surface area contributed by atoms with Gasteiger partial charge in [-0.25, -0.2) is 0 Å². The van der Waals surface area contributed by atoms with Crippen molar-refractivity contribution in [3.8, 4) is 5.75 Å². The number of aromatic nitrogens is 1. The molecule has 2 aliphatic rings. The van der Waals surface area contributed by atoms with Crippen molar-refractivity contribution in [2.75, 3.05) is 25.0 Å². The number of fused-ring (bicyclic) bond motifs is 1. The standard InChI is InChI=1S/C20H24N4O5/c1-12-6-14(29-23-12)8-19(26)24-11-13(25)7-17(24)20(27)22-10-15-9-21-16-4-2-3-5-18(16)28-15/h2-6,13,15,17,21,25H,7-11H2,1H3,(H,22,27). The van der Waals surface area contributed by atoms with E-state index in [2.05, 4.69) is 15.8 Å². The van der Waals surface area contributed by atoms with E-state index >= 15 is 0 Å². The maximum atomic E-state index is 12.7. The number of nitrogens with one attached hydrogen (secondary N) is 2. The van der Waals surface area contributed by atoms with Crippen LogP contribution >= 0.6 is 0 Å². The van der Waals surface area contributed by atoms with Crippen LogP contribution in [0.4, 0.5) is 5.69 Å². The van der Waals surface area contributed by atoms with Crippen LogP contribution in [0.3, 0.4) is 0 Å². The highest BCUT2D eigenvalue weighted by Gasteiger charge is 2.39. The molecule has 1 saturated heterocycles. The number of carbonyl (C=O) groups excluding carboxylic acids is 2. The zero-order valence-corrected chi connectivity index (χ0v) is 16.1. The highest BCUT2D eigenvalue weighted by Crippen LogP contribution is 2.28. The summed E-state index contributed by atoms with van der Waals surface area (Å²) in [4.78, 5) is 26.8. The summed E-state index contributed by atoms with van der Waals surface area (Å²) in [6.45, 7) is 2.76. The van der Waals surface area contributed by atoms with Gasteiger partial charge in [-0.2, -0.15) is 0 Å². The number of nitrogens with zero attached hydrogens (tertiary/aromatic N) is 2. The van der Waals surface area contributed by atoms with E-state index in [1.807, 2.05) is 24.3 Å². The Balaban J connectivity index is 1.34. The number of aliphatic hydroxyl groups excluding tert-OH is 1. The minimum atomic E-state index is -0.731. The fraction of sp³-hybridized carbons (Fsp3) is 0.450. The van der Waals surface area contributed by atoms with Gasteiger partial charge in [0, 0.05) is 19.0 Å². The molecule has 154 valence electrons. The van der Waals surface area contributed by atoms with Crippen molar-refractivity contribution in [2.45, 2.75) is 38.0 Å². The van der Waals surface area contributed by atoms with Crippen molar-refractivity contribution in [2.24, 2.45) is 0 Å². The third-order valence-corrected chi connectivity index (χ3v) is 5.11. The molecule has 3 heterocycles. The van der Waals surface area contributed by atoms with Gasteiger partial charge in [0.25, 0.3) is 0 Å². The van der Waals surface area contributed by atoms with Crippen LogP contribution in [0.5, 0.6) is 5.75 Å². The van der Waals surface area contributed by atoms with Gasteiger partial charge in [-0.15, -0.1) is 0 Å². The first kappa shape index (κ1) is 19.3. The van der Waals surface area contributed by atoms with Gasteiger partial charge in [-0.05, 0) is 19.1 Å². The summed E-state index contributed by atoms with van der Waals surface area (Å²) in [6.07, 6.45) is -0.740. The molecule has 4 rings (SSSR count). The molecule has 2 aromatic rings. The van der Waals surface area contributed by atoms with Crippen molar-refractivity contribution in [3.05, 3.63) is 41.8 Å². The van der Waals surface area contributed by atoms with Gasteiger partial charge in [0.2, 0.25) is 11.8 Å². The lowest BCUT2D eigenvalue weighted by Crippen LogP contribution is -2.49. The van der Waals surface area contributed by atoms with E-state index < -0.39 is 12.1 Å². The molecule has 3 unspecified atom stereocenters. The van der Waals surface area contributed by atoms with Crippen LogP contribution in [-0.4, -0.2) is 64.9 Å². The van der Waals surface area contributed by atoms with Gasteiger partial charge in [-0.1, -0.05) is 17.3 Å². The lowest BCUT2D eigenvalue weighted by Gasteiger charge is -2.28. The predicted molar refractivity (Wildman–Crippen MR) is 103 cm³/mol. The van der Waals surface area contributed by atoms with Crippen LogP contribution in [0.1, 0.15) is 17.9 Å². The van der Waals surface area contributed by atoms with Crippen molar-refractivity contribution in [1.82, 2.24) is 15.4 Å². The van der Waals surface area contributed by atoms with Crippen LogP contribution in [-0.2, 0) is 16.0 Å². The predicted octanol–water partition coefficient (Wildman–Crippen LogP) is 0.477. The normalized spacial score (nSPS) is 23.1. The summed E-state index contributed by atoms with van der Waals surface area (Å²) in [6, 6.07) is 8.59. The number of para-hydroxylation sites is 2. The molecule has 2 amide bonds. The maximum absolute atomic E-state index is 12.7. The van der Waals surface area contributed by atoms with Crippen molar-refractivity contribution >= 4 is 17.5 Å².